The van der Waals surface area contributed by atoms with Crippen molar-refractivity contribution >= 4 is 17.7 Å². The first-order valence-corrected chi connectivity index (χ1v) is 5.43. The Bertz CT molecular complexity index is 580. The fraction of sp³-hybridized carbons (Fsp3) is 0.0833. The highest BCUT2D eigenvalue weighted by Crippen LogP contribution is 2.14. The highest BCUT2D eigenvalue weighted by Gasteiger charge is 2.11. The second-order valence-electron chi connectivity index (χ2n) is 3.65. The van der Waals surface area contributed by atoms with Crippen molar-refractivity contribution in [1.82, 2.24) is 10.5 Å². The molecule has 0 aliphatic rings. The second kappa shape index (κ2) is 5.67. The molecule has 1 aromatic heterocycles. The Labute approximate surface area is 108 Å². The molecular weight excluding hydrogens is 250 g/mol. The van der Waals surface area contributed by atoms with Crippen LogP contribution in [0.4, 0.5) is 10.5 Å². The van der Waals surface area contributed by atoms with Crippen LogP contribution in [-0.4, -0.2) is 22.3 Å². The van der Waals surface area contributed by atoms with Crippen LogP contribution in [0.25, 0.3) is 0 Å². The van der Waals surface area contributed by atoms with Crippen LogP contribution in [0.1, 0.15) is 16.1 Å². The number of urea groups is 1. The Kier molecular flexibility index (Phi) is 3.77. The molecule has 0 bridgehead atoms. The molecule has 19 heavy (non-hydrogen) atoms. The molecule has 7 heteroatoms. The number of rotatable bonds is 4. The molecule has 98 valence electrons. The van der Waals surface area contributed by atoms with E-state index in [1.807, 2.05) is 0 Å². The average Bonchev–Trinajstić information content (AvgIpc) is 2.90. The summed E-state index contributed by atoms with van der Waals surface area (Å²) in [6, 6.07) is 7.25. The van der Waals surface area contributed by atoms with Gasteiger partial charge in [0.1, 0.15) is 12.0 Å². The minimum absolute atomic E-state index is 0.0269. The summed E-state index contributed by atoms with van der Waals surface area (Å²) >= 11 is 0. The maximum absolute atomic E-state index is 11.6. The van der Waals surface area contributed by atoms with Gasteiger partial charge in [-0.05, 0) is 12.1 Å². The number of carbonyl (C=O) groups is 2. The Hall–Kier alpha value is -2.83. The van der Waals surface area contributed by atoms with Crippen LogP contribution in [0.3, 0.4) is 0 Å². The van der Waals surface area contributed by atoms with Crippen LogP contribution < -0.4 is 10.6 Å². The molecule has 0 saturated heterocycles. The van der Waals surface area contributed by atoms with E-state index in [0.717, 1.165) is 0 Å². The summed E-state index contributed by atoms with van der Waals surface area (Å²) in [5.41, 5.74) is 0.827. The lowest BCUT2D eigenvalue weighted by Crippen LogP contribution is -2.29. The molecule has 7 nitrogen and oxygen atoms in total. The summed E-state index contributed by atoms with van der Waals surface area (Å²) < 4.78 is 4.62. The lowest BCUT2D eigenvalue weighted by atomic mass is 10.2. The fourth-order valence-electron chi connectivity index (χ4n) is 1.44. The number of para-hydroxylation sites is 1. The summed E-state index contributed by atoms with van der Waals surface area (Å²) in [5.74, 6) is -1.10. The van der Waals surface area contributed by atoms with Gasteiger partial charge in [0.2, 0.25) is 0 Å². The zero-order chi connectivity index (χ0) is 13.7. The number of hydrogen-bond acceptors (Lipinski definition) is 4. The number of carboxylic acids is 1. The molecule has 0 unspecified atom stereocenters. The molecule has 2 aromatic rings. The first-order valence-electron chi connectivity index (χ1n) is 5.43. The van der Waals surface area contributed by atoms with Crippen LogP contribution in [0.2, 0.25) is 0 Å². The van der Waals surface area contributed by atoms with Crippen LogP contribution in [0.15, 0.2) is 41.1 Å². The Balaban J connectivity index is 1.97. The van der Waals surface area contributed by atoms with E-state index in [1.54, 1.807) is 18.2 Å². The highest BCUT2D eigenvalue weighted by molar-refractivity contribution is 5.99. The third kappa shape index (κ3) is 3.32. The van der Waals surface area contributed by atoms with Crippen LogP contribution in [0.5, 0.6) is 0 Å². The van der Waals surface area contributed by atoms with E-state index < -0.39 is 12.0 Å². The molecule has 0 radical (unpaired) electrons. The van der Waals surface area contributed by atoms with Gasteiger partial charge in [0, 0.05) is 6.07 Å². The summed E-state index contributed by atoms with van der Waals surface area (Å²) in [7, 11) is 0. The molecule has 0 fully saturated rings. The lowest BCUT2D eigenvalue weighted by molar-refractivity contribution is 0.0698. The van der Waals surface area contributed by atoms with E-state index in [2.05, 4.69) is 20.3 Å². The number of nitrogens with zero attached hydrogens (tertiary/aromatic N) is 1. The predicted molar refractivity (Wildman–Crippen MR) is 65.8 cm³/mol. The largest absolute Gasteiger partial charge is 0.478 e. The average molecular weight is 261 g/mol. The molecule has 2 rings (SSSR count). The first-order chi connectivity index (χ1) is 9.16. The predicted octanol–water partition coefficient (Wildman–Crippen LogP) is 1.69. The number of benzene rings is 1. The number of nitrogens with one attached hydrogen (secondary N) is 2. The van der Waals surface area contributed by atoms with Crippen LogP contribution in [0, 0.1) is 0 Å². The summed E-state index contributed by atoms with van der Waals surface area (Å²) in [5, 5.41) is 17.6. The monoisotopic (exact) mass is 261 g/mol. The van der Waals surface area contributed by atoms with Gasteiger partial charge >= 0.3 is 12.0 Å². The van der Waals surface area contributed by atoms with Crippen molar-refractivity contribution in [3.8, 4) is 0 Å². The number of anilines is 1. The zero-order valence-corrected chi connectivity index (χ0v) is 9.79. The van der Waals surface area contributed by atoms with E-state index in [9.17, 15) is 9.59 Å². The van der Waals surface area contributed by atoms with Gasteiger partial charge in [-0.25, -0.2) is 9.59 Å². The number of aromatic carboxylic acids is 1. The molecule has 2 amide bonds. The quantitative estimate of drug-likeness (QED) is 0.776. The van der Waals surface area contributed by atoms with Gasteiger partial charge in [-0.15, -0.1) is 0 Å². The van der Waals surface area contributed by atoms with E-state index >= 15 is 0 Å². The Morgan fingerprint density at radius 3 is 2.74 bits per heavy atom. The standard InChI is InChI=1S/C12H11N3O4/c16-11(17)9-3-1-2-4-10(9)14-12(18)13-7-8-5-6-19-15-8/h1-6H,7H2,(H,16,17)(H2,13,14,18). The van der Waals surface area contributed by atoms with Crippen molar-refractivity contribution in [2.24, 2.45) is 0 Å². The van der Waals surface area contributed by atoms with E-state index in [1.165, 1.54) is 18.4 Å². The summed E-state index contributed by atoms with van der Waals surface area (Å²) in [6.45, 7) is 0.192. The van der Waals surface area contributed by atoms with Crippen LogP contribution in [-0.2, 0) is 6.54 Å². The van der Waals surface area contributed by atoms with E-state index in [4.69, 9.17) is 5.11 Å². The van der Waals surface area contributed by atoms with Crippen molar-refractivity contribution in [3.05, 3.63) is 47.9 Å². The smallest absolute Gasteiger partial charge is 0.337 e. The van der Waals surface area contributed by atoms with Gasteiger partial charge in [-0.3, -0.25) is 0 Å². The molecule has 0 aliphatic carbocycles. The third-order valence-corrected chi connectivity index (χ3v) is 2.33. The summed E-state index contributed by atoms with van der Waals surface area (Å²) in [4.78, 5) is 22.6. The molecule has 1 aromatic carbocycles. The van der Waals surface area contributed by atoms with Crippen molar-refractivity contribution in [3.63, 3.8) is 0 Å². The van der Waals surface area contributed by atoms with Crippen LogP contribution >= 0.6 is 0 Å². The van der Waals surface area contributed by atoms with Crippen molar-refractivity contribution in [1.29, 1.82) is 0 Å². The SMILES string of the molecule is O=C(NCc1ccon1)Nc1ccccc1C(=O)O. The maximum Gasteiger partial charge on any atom is 0.337 e. The number of carbonyl (C=O) groups excluding carboxylic acids is 1. The number of aromatic nitrogens is 1. The van der Waals surface area contributed by atoms with Gasteiger partial charge in [-0.1, -0.05) is 17.3 Å². The molecule has 0 atom stereocenters. The Morgan fingerprint density at radius 1 is 1.26 bits per heavy atom. The van der Waals surface area contributed by atoms with Crippen molar-refractivity contribution in [2.45, 2.75) is 6.54 Å². The minimum atomic E-state index is -1.10. The molecule has 0 saturated carbocycles. The fourth-order valence-corrected chi connectivity index (χ4v) is 1.44. The topological polar surface area (TPSA) is 104 Å². The second-order valence-corrected chi connectivity index (χ2v) is 3.65. The number of carboxylic acid groups (broad SMARTS) is 1. The van der Waals surface area contributed by atoms with Gasteiger partial charge in [0.15, 0.2) is 0 Å². The van der Waals surface area contributed by atoms with Gasteiger partial charge in [0.25, 0.3) is 0 Å². The molecular formula is C12H11N3O4. The molecule has 1 heterocycles. The maximum atomic E-state index is 11.6. The van der Waals surface area contributed by atoms with Gasteiger partial charge in [0.05, 0.1) is 17.8 Å². The van der Waals surface area contributed by atoms with Crippen molar-refractivity contribution < 1.29 is 19.2 Å². The number of amides is 2. The summed E-state index contributed by atoms with van der Waals surface area (Å²) in [6.07, 6.45) is 1.40. The third-order valence-electron chi connectivity index (χ3n) is 2.33. The van der Waals surface area contributed by atoms with Gasteiger partial charge < -0.3 is 20.3 Å². The Morgan fingerprint density at radius 2 is 2.05 bits per heavy atom. The van der Waals surface area contributed by atoms with Gasteiger partial charge in [-0.2, -0.15) is 0 Å². The zero-order valence-electron chi connectivity index (χ0n) is 9.79. The van der Waals surface area contributed by atoms with E-state index in [0.29, 0.717) is 5.69 Å². The van der Waals surface area contributed by atoms with E-state index in [-0.39, 0.29) is 17.8 Å². The molecule has 0 spiro atoms. The van der Waals surface area contributed by atoms with Crippen molar-refractivity contribution in [2.75, 3.05) is 5.32 Å². The highest BCUT2D eigenvalue weighted by atomic mass is 16.5. The minimum Gasteiger partial charge on any atom is -0.478 e. The molecule has 0 aliphatic heterocycles. The molecule has 3 N–H and O–H groups in total. The lowest BCUT2D eigenvalue weighted by Gasteiger charge is -2.08. The first kappa shape index (κ1) is 12.6. The normalized spacial score (nSPS) is 9.89. The number of hydrogen-bond donors (Lipinski definition) is 3.